The summed E-state index contributed by atoms with van der Waals surface area (Å²) in [5, 5.41) is 0. The highest BCUT2D eigenvalue weighted by Gasteiger charge is 2.32. The first-order valence-corrected chi connectivity index (χ1v) is 10.9. The lowest BCUT2D eigenvalue weighted by Crippen LogP contribution is -2.18. The maximum atomic E-state index is 12.8. The number of ether oxygens (including phenoxy) is 2. The van der Waals surface area contributed by atoms with Crippen molar-refractivity contribution >= 4 is 23.5 Å². The highest BCUT2D eigenvalue weighted by Crippen LogP contribution is 2.35. The number of aromatic amines is 1. The zero-order chi connectivity index (χ0) is 20.1. The summed E-state index contributed by atoms with van der Waals surface area (Å²) >= 11 is 1.73. The maximum Gasteiger partial charge on any atom is 0.355 e. The molecule has 0 saturated carbocycles. The Balaban J connectivity index is 1.75. The largest absolute Gasteiger partial charge is 0.494 e. The fraction of sp³-hybridized carbons (Fsp3) is 0.455. The van der Waals surface area contributed by atoms with Gasteiger partial charge in [-0.1, -0.05) is 19.1 Å². The minimum Gasteiger partial charge on any atom is -0.494 e. The van der Waals surface area contributed by atoms with E-state index >= 15 is 0 Å². The Morgan fingerprint density at radius 3 is 2.64 bits per heavy atom. The Kier molecular flexibility index (Phi) is 6.83. The molecule has 1 aromatic carbocycles. The molecule has 0 spiro atoms. The van der Waals surface area contributed by atoms with Gasteiger partial charge in [0.25, 0.3) is 0 Å². The molecule has 1 aromatic heterocycles. The van der Waals surface area contributed by atoms with Crippen molar-refractivity contribution in [3.05, 3.63) is 52.3 Å². The van der Waals surface area contributed by atoms with E-state index in [1.807, 2.05) is 38.1 Å². The lowest BCUT2D eigenvalue weighted by molar-refractivity contribution is 0.0523. The number of nitrogens with one attached hydrogen (secondary N) is 1. The Morgan fingerprint density at radius 1 is 1.21 bits per heavy atom. The molecule has 1 N–H and O–H groups in total. The number of carbonyl (C=O) groups excluding carboxylic acids is 2. The highest BCUT2D eigenvalue weighted by molar-refractivity contribution is 7.99. The summed E-state index contributed by atoms with van der Waals surface area (Å²) in [6.45, 7) is 6.85. The van der Waals surface area contributed by atoms with Gasteiger partial charge in [0.2, 0.25) is 0 Å². The van der Waals surface area contributed by atoms with Crippen LogP contribution >= 0.6 is 11.8 Å². The number of ketones is 1. The van der Waals surface area contributed by atoms with Crippen molar-refractivity contribution in [2.45, 2.75) is 39.5 Å². The molecule has 0 aliphatic heterocycles. The van der Waals surface area contributed by atoms with Crippen LogP contribution in [0.5, 0.6) is 5.75 Å². The highest BCUT2D eigenvalue weighted by atomic mass is 32.2. The van der Waals surface area contributed by atoms with E-state index in [0.717, 1.165) is 28.5 Å². The SMILES string of the molecule is CCOc1ccc([C@@H]2CC(=O)c3c([nH]c(C(=O)OCCSCC)c3C)C2)cc1. The van der Waals surface area contributed by atoms with Crippen molar-refractivity contribution in [3.8, 4) is 5.75 Å². The minimum absolute atomic E-state index is 0.0782. The zero-order valence-corrected chi connectivity index (χ0v) is 17.5. The molecule has 2 aromatic rings. The number of Topliss-reactive ketones (excluding diaryl/α,β-unsaturated/α-hetero) is 1. The van der Waals surface area contributed by atoms with Gasteiger partial charge >= 0.3 is 5.97 Å². The molecule has 150 valence electrons. The van der Waals surface area contributed by atoms with Crippen LogP contribution in [-0.2, 0) is 11.2 Å². The van der Waals surface area contributed by atoms with E-state index in [1.165, 1.54) is 0 Å². The second-order valence-corrected chi connectivity index (χ2v) is 8.24. The number of hydrogen-bond donors (Lipinski definition) is 1. The first-order chi connectivity index (χ1) is 13.5. The summed E-state index contributed by atoms with van der Waals surface area (Å²) in [5.74, 6) is 2.40. The van der Waals surface area contributed by atoms with Crippen LogP contribution in [0.1, 0.15) is 63.9 Å². The van der Waals surface area contributed by atoms with Crippen LogP contribution in [0.2, 0.25) is 0 Å². The van der Waals surface area contributed by atoms with Gasteiger partial charge < -0.3 is 14.5 Å². The average molecular weight is 402 g/mol. The quantitative estimate of drug-likeness (QED) is 0.519. The molecule has 6 heteroatoms. The number of H-pyrrole nitrogens is 1. The molecular weight excluding hydrogens is 374 g/mol. The van der Waals surface area contributed by atoms with Gasteiger partial charge in [0.05, 0.1) is 6.61 Å². The molecule has 0 fully saturated rings. The Labute approximate surface area is 170 Å². The normalized spacial score (nSPS) is 16.0. The third-order valence-corrected chi connectivity index (χ3v) is 5.88. The molecule has 0 saturated heterocycles. The predicted octanol–water partition coefficient (Wildman–Crippen LogP) is 4.54. The van der Waals surface area contributed by atoms with Gasteiger partial charge in [-0.05, 0) is 55.2 Å². The molecule has 5 nitrogen and oxygen atoms in total. The monoisotopic (exact) mass is 401 g/mol. The lowest BCUT2D eigenvalue weighted by atomic mass is 9.81. The van der Waals surface area contributed by atoms with Gasteiger partial charge in [0.15, 0.2) is 5.78 Å². The molecule has 1 atom stereocenters. The minimum atomic E-state index is -0.381. The fourth-order valence-electron chi connectivity index (χ4n) is 3.69. The summed E-state index contributed by atoms with van der Waals surface area (Å²) in [7, 11) is 0. The molecule has 1 aliphatic carbocycles. The van der Waals surface area contributed by atoms with Gasteiger partial charge in [-0.2, -0.15) is 11.8 Å². The van der Waals surface area contributed by atoms with Crippen molar-refractivity contribution in [3.63, 3.8) is 0 Å². The van der Waals surface area contributed by atoms with Gasteiger partial charge in [0.1, 0.15) is 18.1 Å². The number of benzene rings is 1. The molecule has 1 heterocycles. The Hall–Kier alpha value is -2.21. The number of aromatic nitrogens is 1. The van der Waals surface area contributed by atoms with Gasteiger partial charge in [-0.15, -0.1) is 0 Å². The summed E-state index contributed by atoms with van der Waals surface area (Å²) < 4.78 is 10.8. The standard InChI is InChI=1S/C22H27NO4S/c1-4-26-17-8-6-15(7-9-17)16-12-18-20(19(24)13-16)14(3)21(23-18)22(25)27-10-11-28-5-2/h6-9,16,23H,4-5,10-13H2,1-3H3/t16-/m0/s1. The second kappa shape index (κ2) is 9.32. The number of fused-ring (bicyclic) bond motifs is 1. The number of rotatable bonds is 8. The summed E-state index contributed by atoms with van der Waals surface area (Å²) in [4.78, 5) is 28.4. The Morgan fingerprint density at radius 2 is 1.96 bits per heavy atom. The van der Waals surface area contributed by atoms with E-state index < -0.39 is 0 Å². The van der Waals surface area contributed by atoms with Crippen molar-refractivity contribution in [1.29, 1.82) is 0 Å². The molecule has 0 unspecified atom stereocenters. The van der Waals surface area contributed by atoms with Gasteiger partial charge in [-0.3, -0.25) is 4.79 Å². The third kappa shape index (κ3) is 4.43. The lowest BCUT2D eigenvalue weighted by Gasteiger charge is -2.22. The van der Waals surface area contributed by atoms with Crippen LogP contribution in [0.15, 0.2) is 24.3 Å². The molecule has 0 bridgehead atoms. The first kappa shape index (κ1) is 20.5. The molecular formula is C22H27NO4S. The number of hydrogen-bond acceptors (Lipinski definition) is 5. The average Bonchev–Trinajstić information content (AvgIpc) is 3.03. The van der Waals surface area contributed by atoms with E-state index in [1.54, 1.807) is 11.8 Å². The van der Waals surface area contributed by atoms with Crippen molar-refractivity contribution < 1.29 is 19.1 Å². The number of thioether (sulfide) groups is 1. The van der Waals surface area contributed by atoms with Crippen molar-refractivity contribution in [2.24, 2.45) is 0 Å². The molecule has 0 amide bonds. The summed E-state index contributed by atoms with van der Waals surface area (Å²) in [6, 6.07) is 7.92. The van der Waals surface area contributed by atoms with Crippen LogP contribution in [0.4, 0.5) is 0 Å². The maximum absolute atomic E-state index is 12.8. The van der Waals surface area contributed by atoms with Crippen molar-refractivity contribution in [1.82, 2.24) is 4.98 Å². The zero-order valence-electron chi connectivity index (χ0n) is 16.7. The topological polar surface area (TPSA) is 68.4 Å². The summed E-state index contributed by atoms with van der Waals surface area (Å²) in [6.07, 6.45) is 1.15. The molecule has 1 aliphatic rings. The van der Waals surface area contributed by atoms with E-state index in [-0.39, 0.29) is 17.7 Å². The fourth-order valence-corrected chi connectivity index (χ4v) is 4.18. The van der Waals surface area contributed by atoms with Crippen LogP contribution in [0, 0.1) is 6.92 Å². The van der Waals surface area contributed by atoms with Crippen LogP contribution in [0.25, 0.3) is 0 Å². The van der Waals surface area contributed by atoms with Crippen LogP contribution in [0.3, 0.4) is 0 Å². The van der Waals surface area contributed by atoms with E-state index in [9.17, 15) is 9.59 Å². The van der Waals surface area contributed by atoms with Gasteiger partial charge in [0, 0.05) is 23.4 Å². The van der Waals surface area contributed by atoms with Crippen LogP contribution in [-0.4, -0.2) is 41.5 Å². The summed E-state index contributed by atoms with van der Waals surface area (Å²) in [5.41, 5.74) is 3.72. The van der Waals surface area contributed by atoms with E-state index in [2.05, 4.69) is 11.9 Å². The molecule has 3 rings (SSSR count). The van der Waals surface area contributed by atoms with Crippen molar-refractivity contribution in [2.75, 3.05) is 24.7 Å². The predicted molar refractivity (Wildman–Crippen MR) is 112 cm³/mol. The molecule has 28 heavy (non-hydrogen) atoms. The molecule has 0 radical (unpaired) electrons. The number of carbonyl (C=O) groups is 2. The second-order valence-electron chi connectivity index (χ2n) is 6.84. The van der Waals surface area contributed by atoms with E-state index in [0.29, 0.717) is 42.9 Å². The first-order valence-electron chi connectivity index (χ1n) is 9.77. The smallest absolute Gasteiger partial charge is 0.355 e. The van der Waals surface area contributed by atoms with Crippen LogP contribution < -0.4 is 4.74 Å². The van der Waals surface area contributed by atoms with Gasteiger partial charge in [-0.25, -0.2) is 4.79 Å². The Bertz CT molecular complexity index is 841. The number of esters is 1. The van der Waals surface area contributed by atoms with E-state index in [4.69, 9.17) is 9.47 Å². The third-order valence-electron chi connectivity index (χ3n) is 5.02.